The molecule has 0 amide bonds. The maximum atomic E-state index is 7.16. The zero-order chi connectivity index (χ0) is 8.97. The molecule has 1 heterocycles. The first-order chi connectivity index (χ1) is 5.70. The van der Waals surface area contributed by atoms with E-state index in [1.807, 2.05) is 0 Å². The molecule has 12 heavy (non-hydrogen) atoms. The highest BCUT2D eigenvalue weighted by Crippen LogP contribution is 2.06. The van der Waals surface area contributed by atoms with Gasteiger partial charge < -0.3 is 10.5 Å². The lowest BCUT2D eigenvalue weighted by atomic mass is 10.2. The molecular formula is C8H17N3O. The topological polar surface area (TPSA) is 62.3 Å². The van der Waals surface area contributed by atoms with E-state index in [9.17, 15) is 0 Å². The van der Waals surface area contributed by atoms with Gasteiger partial charge in [0.15, 0.2) is 0 Å². The molecule has 0 spiro atoms. The van der Waals surface area contributed by atoms with Gasteiger partial charge in [0, 0.05) is 25.6 Å². The average Bonchev–Trinajstić information content (AvgIpc) is 2.05. The third kappa shape index (κ3) is 2.79. The summed E-state index contributed by atoms with van der Waals surface area (Å²) in [6.45, 7) is 5.65. The van der Waals surface area contributed by atoms with Crippen LogP contribution in [0.5, 0.6) is 0 Å². The first-order valence-electron chi connectivity index (χ1n) is 4.35. The van der Waals surface area contributed by atoms with Crippen LogP contribution in [0, 0.1) is 5.41 Å². The fourth-order valence-corrected chi connectivity index (χ4v) is 1.47. The van der Waals surface area contributed by atoms with E-state index in [2.05, 4.69) is 11.8 Å². The summed E-state index contributed by atoms with van der Waals surface area (Å²) in [4.78, 5) is 2.31. The van der Waals surface area contributed by atoms with Gasteiger partial charge in [-0.15, -0.1) is 0 Å². The smallest absolute Gasteiger partial charge is 0.0920 e. The van der Waals surface area contributed by atoms with E-state index in [4.69, 9.17) is 15.9 Å². The number of hydrogen-bond donors (Lipinski definition) is 2. The number of hydrogen-bond acceptors (Lipinski definition) is 3. The van der Waals surface area contributed by atoms with Gasteiger partial charge in [-0.2, -0.15) is 0 Å². The summed E-state index contributed by atoms with van der Waals surface area (Å²) in [5.74, 6) is 0.272. The Balaban J connectivity index is 2.29. The molecule has 0 aliphatic carbocycles. The molecule has 0 saturated carbocycles. The van der Waals surface area contributed by atoms with E-state index in [0.717, 1.165) is 26.3 Å². The Labute approximate surface area is 73.2 Å². The van der Waals surface area contributed by atoms with Crippen LogP contribution in [0.4, 0.5) is 0 Å². The standard InChI is InChI=1S/C8H17N3O/c1-7(6-8(9)10)11-2-4-12-5-3-11/h7H,2-6H2,1H3,(H3,9,10). The first kappa shape index (κ1) is 9.48. The van der Waals surface area contributed by atoms with Crippen LogP contribution in [-0.2, 0) is 4.74 Å². The molecule has 0 aromatic rings. The number of ether oxygens (including phenoxy) is 1. The molecule has 1 atom stereocenters. The van der Waals surface area contributed by atoms with Crippen molar-refractivity contribution in [2.24, 2.45) is 5.73 Å². The summed E-state index contributed by atoms with van der Waals surface area (Å²) in [6.07, 6.45) is 0.667. The molecule has 0 radical (unpaired) electrons. The van der Waals surface area contributed by atoms with Crippen molar-refractivity contribution in [3.05, 3.63) is 0 Å². The molecule has 0 aromatic carbocycles. The molecule has 1 unspecified atom stereocenters. The fourth-order valence-electron chi connectivity index (χ4n) is 1.47. The van der Waals surface area contributed by atoms with Crippen LogP contribution >= 0.6 is 0 Å². The molecule has 0 bridgehead atoms. The molecule has 70 valence electrons. The summed E-state index contributed by atoms with van der Waals surface area (Å²) in [5, 5.41) is 7.16. The molecule has 3 N–H and O–H groups in total. The van der Waals surface area contributed by atoms with Crippen molar-refractivity contribution in [2.45, 2.75) is 19.4 Å². The SMILES string of the molecule is CC(CC(=N)N)N1CCOCC1. The highest BCUT2D eigenvalue weighted by atomic mass is 16.5. The molecular weight excluding hydrogens is 154 g/mol. The van der Waals surface area contributed by atoms with Gasteiger partial charge in [-0.25, -0.2) is 0 Å². The van der Waals surface area contributed by atoms with Crippen LogP contribution in [0.15, 0.2) is 0 Å². The number of nitrogens with two attached hydrogens (primary N) is 1. The Morgan fingerprint density at radius 1 is 1.58 bits per heavy atom. The molecule has 1 aliphatic rings. The predicted octanol–water partition coefficient (Wildman–Crippen LogP) is 0.0332. The van der Waals surface area contributed by atoms with Crippen molar-refractivity contribution in [2.75, 3.05) is 26.3 Å². The second kappa shape index (κ2) is 4.42. The molecule has 0 aromatic heterocycles. The summed E-state index contributed by atoms with van der Waals surface area (Å²) in [7, 11) is 0. The first-order valence-corrected chi connectivity index (χ1v) is 4.35. The minimum atomic E-state index is 0.272. The minimum Gasteiger partial charge on any atom is -0.388 e. The van der Waals surface area contributed by atoms with Crippen LogP contribution in [0.2, 0.25) is 0 Å². The molecule has 1 rings (SSSR count). The fraction of sp³-hybridized carbons (Fsp3) is 0.875. The summed E-state index contributed by atoms with van der Waals surface area (Å²) >= 11 is 0. The van der Waals surface area contributed by atoms with Gasteiger partial charge in [-0.1, -0.05) is 0 Å². The van der Waals surface area contributed by atoms with Gasteiger partial charge in [-0.05, 0) is 6.92 Å². The van der Waals surface area contributed by atoms with Crippen LogP contribution in [0.25, 0.3) is 0 Å². The van der Waals surface area contributed by atoms with Gasteiger partial charge in [0.25, 0.3) is 0 Å². The Kier molecular flexibility index (Phi) is 3.49. The van der Waals surface area contributed by atoms with Crippen molar-refractivity contribution >= 4 is 5.84 Å². The van der Waals surface area contributed by atoms with Gasteiger partial charge >= 0.3 is 0 Å². The highest BCUT2D eigenvalue weighted by Gasteiger charge is 2.16. The van der Waals surface area contributed by atoms with Gasteiger partial charge in [0.2, 0.25) is 0 Å². The van der Waals surface area contributed by atoms with Crippen LogP contribution in [-0.4, -0.2) is 43.1 Å². The van der Waals surface area contributed by atoms with E-state index >= 15 is 0 Å². The average molecular weight is 171 g/mol. The summed E-state index contributed by atoms with van der Waals surface area (Å²) in [5.41, 5.74) is 5.33. The number of nitrogens with zero attached hydrogens (tertiary/aromatic N) is 1. The van der Waals surface area contributed by atoms with E-state index in [1.54, 1.807) is 0 Å². The third-order valence-corrected chi connectivity index (χ3v) is 2.18. The van der Waals surface area contributed by atoms with Crippen LogP contribution in [0.1, 0.15) is 13.3 Å². The Morgan fingerprint density at radius 2 is 2.17 bits per heavy atom. The second-order valence-electron chi connectivity index (χ2n) is 3.23. The normalized spacial score (nSPS) is 22.1. The predicted molar refractivity (Wildman–Crippen MR) is 48.4 cm³/mol. The maximum Gasteiger partial charge on any atom is 0.0920 e. The van der Waals surface area contributed by atoms with Crippen LogP contribution in [0.3, 0.4) is 0 Å². The quantitative estimate of drug-likeness (QED) is 0.465. The summed E-state index contributed by atoms with van der Waals surface area (Å²) in [6, 6.07) is 0.381. The monoisotopic (exact) mass is 171 g/mol. The highest BCUT2D eigenvalue weighted by molar-refractivity contribution is 5.77. The Morgan fingerprint density at radius 3 is 2.67 bits per heavy atom. The number of amidine groups is 1. The molecule has 1 aliphatic heterocycles. The Bertz CT molecular complexity index is 154. The zero-order valence-electron chi connectivity index (χ0n) is 7.55. The lowest BCUT2D eigenvalue weighted by Crippen LogP contribution is -2.43. The van der Waals surface area contributed by atoms with Gasteiger partial charge in [-0.3, -0.25) is 10.3 Å². The van der Waals surface area contributed by atoms with Crippen molar-refractivity contribution in [3.8, 4) is 0 Å². The van der Waals surface area contributed by atoms with Crippen molar-refractivity contribution in [1.29, 1.82) is 5.41 Å². The van der Waals surface area contributed by atoms with E-state index in [1.165, 1.54) is 0 Å². The minimum absolute atomic E-state index is 0.272. The number of morpholine rings is 1. The van der Waals surface area contributed by atoms with E-state index in [-0.39, 0.29) is 5.84 Å². The molecule has 4 nitrogen and oxygen atoms in total. The molecule has 1 fully saturated rings. The third-order valence-electron chi connectivity index (χ3n) is 2.18. The van der Waals surface area contributed by atoms with Crippen molar-refractivity contribution in [3.63, 3.8) is 0 Å². The van der Waals surface area contributed by atoms with E-state index < -0.39 is 0 Å². The largest absolute Gasteiger partial charge is 0.388 e. The number of rotatable bonds is 3. The summed E-state index contributed by atoms with van der Waals surface area (Å²) < 4.78 is 5.23. The lowest BCUT2D eigenvalue weighted by molar-refractivity contribution is 0.0215. The zero-order valence-corrected chi connectivity index (χ0v) is 7.55. The molecule has 1 saturated heterocycles. The van der Waals surface area contributed by atoms with E-state index in [0.29, 0.717) is 12.5 Å². The van der Waals surface area contributed by atoms with Gasteiger partial charge in [0.1, 0.15) is 0 Å². The lowest BCUT2D eigenvalue weighted by Gasteiger charge is -2.31. The van der Waals surface area contributed by atoms with Crippen molar-refractivity contribution < 1.29 is 4.74 Å². The molecule has 4 heteroatoms. The van der Waals surface area contributed by atoms with Gasteiger partial charge in [0.05, 0.1) is 19.0 Å². The van der Waals surface area contributed by atoms with Crippen molar-refractivity contribution in [1.82, 2.24) is 4.90 Å². The van der Waals surface area contributed by atoms with Crippen LogP contribution < -0.4 is 5.73 Å². The maximum absolute atomic E-state index is 7.16. The Hall–Kier alpha value is -0.610. The second-order valence-corrected chi connectivity index (χ2v) is 3.23. The number of nitrogens with one attached hydrogen (secondary N) is 1.